The van der Waals surface area contributed by atoms with Gasteiger partial charge in [0, 0.05) is 32.3 Å². The molecule has 0 N–H and O–H groups in total. The number of carbonyl (C=O) groups excluding carboxylic acids is 1. The molecule has 0 aliphatic carbocycles. The summed E-state index contributed by atoms with van der Waals surface area (Å²) in [5, 5.41) is 0. The molecule has 0 saturated heterocycles. The molecule has 1 amide bonds. The summed E-state index contributed by atoms with van der Waals surface area (Å²) in [6.07, 6.45) is -1.71. The summed E-state index contributed by atoms with van der Waals surface area (Å²) in [7, 11) is 2.88. The number of nitrogens with zero attached hydrogens (tertiary/aromatic N) is 2. The van der Waals surface area contributed by atoms with Gasteiger partial charge in [-0.15, -0.1) is 0 Å². The zero-order valence-corrected chi connectivity index (χ0v) is 14.3. The van der Waals surface area contributed by atoms with Gasteiger partial charge in [0.05, 0.1) is 11.3 Å². The van der Waals surface area contributed by atoms with Gasteiger partial charge >= 0.3 is 6.18 Å². The summed E-state index contributed by atoms with van der Waals surface area (Å²) in [6, 6.07) is 3.91. The Kier molecular flexibility index (Phi) is 5.94. The van der Waals surface area contributed by atoms with Gasteiger partial charge in [-0.25, -0.2) is 0 Å². The Morgan fingerprint density at radius 3 is 2.68 bits per heavy atom. The largest absolute Gasteiger partial charge is 0.479 e. The maximum absolute atomic E-state index is 13.5. The van der Waals surface area contributed by atoms with E-state index in [1.165, 1.54) is 48.6 Å². The number of hydrogen-bond acceptors (Lipinski definition) is 4. The Morgan fingerprint density at radius 2 is 2.16 bits per heavy atom. The zero-order chi connectivity index (χ0) is 18.6. The fraction of sp³-hybridized carbons (Fsp3) is 0.471. The zero-order valence-electron chi connectivity index (χ0n) is 14.3. The molecule has 138 valence electrons. The van der Waals surface area contributed by atoms with E-state index in [2.05, 4.69) is 0 Å². The van der Waals surface area contributed by atoms with Crippen LogP contribution in [0.15, 0.2) is 30.7 Å². The molecule has 8 heteroatoms. The third kappa shape index (κ3) is 4.25. The standard InChI is InChI=1S/C17H21F3N2O3/c1-4-5-15(23)21(2)16(24-3)12-6-7-14(22-8-9-25-11-22)13(10-12)17(18,19)20/h6-10,16H,4-5,11H2,1-3H3. The normalized spacial score (nSPS) is 15.2. The topological polar surface area (TPSA) is 42.0 Å². The molecule has 1 aliphatic rings. The van der Waals surface area contributed by atoms with Gasteiger partial charge < -0.3 is 19.3 Å². The summed E-state index contributed by atoms with van der Waals surface area (Å²) in [6.45, 7) is 1.88. The monoisotopic (exact) mass is 358 g/mol. The molecule has 0 fully saturated rings. The van der Waals surface area contributed by atoms with Crippen molar-refractivity contribution < 1.29 is 27.4 Å². The molecule has 1 aromatic carbocycles. The van der Waals surface area contributed by atoms with E-state index < -0.39 is 18.0 Å². The van der Waals surface area contributed by atoms with Gasteiger partial charge in [0.25, 0.3) is 0 Å². The summed E-state index contributed by atoms with van der Waals surface area (Å²) in [5.74, 6) is -0.192. The number of hydrogen-bond donors (Lipinski definition) is 0. The molecule has 0 radical (unpaired) electrons. The van der Waals surface area contributed by atoms with Gasteiger partial charge in [0.1, 0.15) is 6.26 Å². The van der Waals surface area contributed by atoms with E-state index in [1.807, 2.05) is 6.92 Å². The summed E-state index contributed by atoms with van der Waals surface area (Å²) >= 11 is 0. The van der Waals surface area contributed by atoms with Crippen molar-refractivity contribution in [3.05, 3.63) is 41.8 Å². The highest BCUT2D eigenvalue weighted by Crippen LogP contribution is 2.39. The predicted molar refractivity (Wildman–Crippen MR) is 86.4 cm³/mol. The van der Waals surface area contributed by atoms with Crippen molar-refractivity contribution in [2.45, 2.75) is 32.2 Å². The number of ether oxygens (including phenoxy) is 2. The van der Waals surface area contributed by atoms with E-state index in [0.29, 0.717) is 12.8 Å². The highest BCUT2D eigenvalue weighted by molar-refractivity contribution is 5.76. The van der Waals surface area contributed by atoms with Crippen LogP contribution in [0, 0.1) is 0 Å². The molecule has 2 rings (SSSR count). The molecule has 1 atom stereocenters. The first-order valence-electron chi connectivity index (χ1n) is 7.84. The van der Waals surface area contributed by atoms with E-state index in [9.17, 15) is 18.0 Å². The number of methoxy groups -OCH3 is 1. The van der Waals surface area contributed by atoms with Gasteiger partial charge in [-0.1, -0.05) is 13.0 Å². The van der Waals surface area contributed by atoms with Gasteiger partial charge in [-0.2, -0.15) is 13.2 Å². The quantitative estimate of drug-likeness (QED) is 0.724. The van der Waals surface area contributed by atoms with Gasteiger partial charge in [0.2, 0.25) is 5.91 Å². The van der Waals surface area contributed by atoms with Crippen LogP contribution in [0.2, 0.25) is 0 Å². The van der Waals surface area contributed by atoms with Crippen molar-refractivity contribution in [3.63, 3.8) is 0 Å². The number of alkyl halides is 3. The molecule has 1 unspecified atom stereocenters. The van der Waals surface area contributed by atoms with Crippen molar-refractivity contribution in [2.24, 2.45) is 0 Å². The van der Waals surface area contributed by atoms with Crippen LogP contribution in [0.25, 0.3) is 0 Å². The van der Waals surface area contributed by atoms with Crippen LogP contribution in [0.5, 0.6) is 0 Å². The first kappa shape index (κ1) is 19.1. The fourth-order valence-corrected chi connectivity index (χ4v) is 2.66. The molecule has 1 aromatic rings. The molecule has 25 heavy (non-hydrogen) atoms. The van der Waals surface area contributed by atoms with Crippen LogP contribution in [0.1, 0.15) is 37.1 Å². The number of benzene rings is 1. The van der Waals surface area contributed by atoms with E-state index in [1.54, 1.807) is 0 Å². The average molecular weight is 358 g/mol. The van der Waals surface area contributed by atoms with Crippen molar-refractivity contribution in [3.8, 4) is 0 Å². The minimum absolute atomic E-state index is 0.0117. The summed E-state index contributed by atoms with van der Waals surface area (Å²) < 4.78 is 50.8. The first-order chi connectivity index (χ1) is 11.8. The van der Waals surface area contributed by atoms with Crippen LogP contribution >= 0.6 is 0 Å². The summed E-state index contributed by atoms with van der Waals surface area (Å²) in [5.41, 5.74) is -0.560. The van der Waals surface area contributed by atoms with E-state index in [4.69, 9.17) is 9.47 Å². The fourth-order valence-electron chi connectivity index (χ4n) is 2.66. The summed E-state index contributed by atoms with van der Waals surface area (Å²) in [4.78, 5) is 14.7. The van der Waals surface area contributed by atoms with E-state index in [-0.39, 0.29) is 23.9 Å². The molecule has 0 bridgehead atoms. The first-order valence-corrected chi connectivity index (χ1v) is 7.84. The highest BCUT2D eigenvalue weighted by Gasteiger charge is 2.36. The van der Waals surface area contributed by atoms with Crippen molar-refractivity contribution in [1.29, 1.82) is 0 Å². The van der Waals surface area contributed by atoms with Crippen molar-refractivity contribution in [1.82, 2.24) is 4.90 Å². The molecular weight excluding hydrogens is 337 g/mol. The SMILES string of the molecule is CCCC(=O)N(C)C(OC)c1ccc(N2C=COC2)c(C(F)(F)F)c1. The third-order valence-electron chi connectivity index (χ3n) is 3.90. The molecular formula is C17H21F3N2O3. The second-order valence-electron chi connectivity index (χ2n) is 5.67. The average Bonchev–Trinajstić information content (AvgIpc) is 3.09. The number of rotatable bonds is 6. The lowest BCUT2D eigenvalue weighted by molar-refractivity contribution is -0.142. The Labute approximate surface area is 144 Å². The van der Waals surface area contributed by atoms with Crippen LogP contribution in [0.3, 0.4) is 0 Å². The van der Waals surface area contributed by atoms with Gasteiger partial charge in [-0.05, 0) is 18.6 Å². The maximum Gasteiger partial charge on any atom is 0.418 e. The molecule has 1 heterocycles. The van der Waals surface area contributed by atoms with Crippen LogP contribution in [-0.4, -0.2) is 31.7 Å². The maximum atomic E-state index is 13.5. The Bertz CT molecular complexity index is 647. The molecule has 1 aliphatic heterocycles. The van der Waals surface area contributed by atoms with Gasteiger partial charge in [0.15, 0.2) is 13.0 Å². The smallest absolute Gasteiger partial charge is 0.418 e. The van der Waals surface area contributed by atoms with Crippen LogP contribution < -0.4 is 4.90 Å². The van der Waals surface area contributed by atoms with Crippen molar-refractivity contribution >= 4 is 11.6 Å². The molecule has 0 saturated carbocycles. The molecule has 5 nitrogen and oxygen atoms in total. The number of amides is 1. The number of carbonyl (C=O) groups is 1. The van der Waals surface area contributed by atoms with Crippen LogP contribution in [0.4, 0.5) is 18.9 Å². The number of halogens is 3. The third-order valence-corrected chi connectivity index (χ3v) is 3.90. The second-order valence-corrected chi connectivity index (χ2v) is 5.67. The Morgan fingerprint density at radius 1 is 1.44 bits per heavy atom. The van der Waals surface area contributed by atoms with E-state index >= 15 is 0 Å². The lowest BCUT2D eigenvalue weighted by Gasteiger charge is -2.29. The highest BCUT2D eigenvalue weighted by atomic mass is 19.4. The Balaban J connectivity index is 2.41. The van der Waals surface area contributed by atoms with E-state index in [0.717, 1.165) is 6.07 Å². The van der Waals surface area contributed by atoms with Gasteiger partial charge in [-0.3, -0.25) is 4.79 Å². The predicted octanol–water partition coefficient (Wildman–Crippen LogP) is 3.87. The minimum Gasteiger partial charge on any atom is -0.479 e. The molecule has 0 spiro atoms. The number of anilines is 1. The molecule has 0 aromatic heterocycles. The minimum atomic E-state index is -4.55. The Hall–Kier alpha value is -2.22. The second kappa shape index (κ2) is 7.77. The van der Waals surface area contributed by atoms with Crippen LogP contribution in [-0.2, 0) is 20.4 Å². The lowest BCUT2D eigenvalue weighted by Crippen LogP contribution is -2.32. The van der Waals surface area contributed by atoms with Crippen molar-refractivity contribution in [2.75, 3.05) is 25.8 Å². The lowest BCUT2D eigenvalue weighted by atomic mass is 10.1.